The third-order valence-electron chi connectivity index (χ3n) is 4.46. The molecule has 1 amide bonds. The van der Waals surface area contributed by atoms with E-state index < -0.39 is 0 Å². The maximum Gasteiger partial charge on any atom is 0.228 e. The number of nitrogens with one attached hydrogen (secondary N) is 1. The molecular formula is C17H18N6OS. The molecule has 1 aliphatic heterocycles. The fourth-order valence-electron chi connectivity index (χ4n) is 3.09. The number of piperidine rings is 1. The van der Waals surface area contributed by atoms with Crippen molar-refractivity contribution in [1.29, 1.82) is 0 Å². The number of hydrogen-bond acceptors (Lipinski definition) is 6. The van der Waals surface area contributed by atoms with Gasteiger partial charge in [0.05, 0.1) is 12.1 Å². The molecular weight excluding hydrogens is 336 g/mol. The Morgan fingerprint density at radius 3 is 2.96 bits per heavy atom. The minimum absolute atomic E-state index is 0.138. The summed E-state index contributed by atoms with van der Waals surface area (Å²) in [4.78, 5) is 27.4. The van der Waals surface area contributed by atoms with Gasteiger partial charge in [0.25, 0.3) is 0 Å². The van der Waals surface area contributed by atoms with Crippen LogP contribution in [0.2, 0.25) is 0 Å². The van der Waals surface area contributed by atoms with Gasteiger partial charge < -0.3 is 4.90 Å². The highest BCUT2D eigenvalue weighted by atomic mass is 32.1. The molecule has 3 aromatic rings. The molecule has 0 spiro atoms. The van der Waals surface area contributed by atoms with E-state index in [9.17, 15) is 4.79 Å². The molecule has 0 radical (unpaired) electrons. The Morgan fingerprint density at radius 2 is 2.24 bits per heavy atom. The van der Waals surface area contributed by atoms with Crippen molar-refractivity contribution in [2.75, 3.05) is 13.1 Å². The first-order valence-corrected chi connectivity index (χ1v) is 9.15. The third-order valence-corrected chi connectivity index (χ3v) is 5.40. The fraction of sp³-hybridized carbons (Fsp3) is 0.353. The van der Waals surface area contributed by atoms with Gasteiger partial charge in [-0.1, -0.05) is 0 Å². The second-order valence-corrected chi connectivity index (χ2v) is 6.95. The lowest BCUT2D eigenvalue weighted by Crippen LogP contribution is -2.39. The first-order chi connectivity index (χ1) is 12.3. The second-order valence-electron chi connectivity index (χ2n) is 6.09. The standard InChI is InChI=1S/C17H18N6OS/c24-15(23-6-3-12(4-7-23)16-19-11-20-22-16)8-14-10-25-17(21-14)13-2-1-5-18-9-13/h1-2,5,9-12H,3-4,6-8H2,(H,19,20,22). The molecule has 7 nitrogen and oxygen atoms in total. The van der Waals surface area contributed by atoms with Crippen LogP contribution in [0.3, 0.4) is 0 Å². The predicted octanol–water partition coefficient (Wildman–Crippen LogP) is 2.27. The SMILES string of the molecule is O=C(Cc1csc(-c2cccnc2)n1)N1CCC(c2ncn[nH]2)CC1. The second kappa shape index (κ2) is 7.10. The average molecular weight is 354 g/mol. The first-order valence-electron chi connectivity index (χ1n) is 8.27. The lowest BCUT2D eigenvalue weighted by Gasteiger charge is -2.30. The van der Waals surface area contributed by atoms with E-state index in [1.165, 1.54) is 6.33 Å². The third kappa shape index (κ3) is 3.58. The fourth-order valence-corrected chi connectivity index (χ4v) is 3.90. The van der Waals surface area contributed by atoms with Gasteiger partial charge in [-0.15, -0.1) is 11.3 Å². The van der Waals surface area contributed by atoms with Gasteiger partial charge in [-0.3, -0.25) is 14.9 Å². The van der Waals surface area contributed by atoms with Crippen LogP contribution in [0.4, 0.5) is 0 Å². The Morgan fingerprint density at radius 1 is 1.36 bits per heavy atom. The molecule has 128 valence electrons. The normalized spacial score (nSPS) is 15.4. The summed E-state index contributed by atoms with van der Waals surface area (Å²) >= 11 is 1.55. The number of aromatic amines is 1. The molecule has 0 bridgehead atoms. The maximum atomic E-state index is 12.5. The van der Waals surface area contributed by atoms with E-state index in [1.807, 2.05) is 22.4 Å². The largest absolute Gasteiger partial charge is 0.342 e. The number of hydrogen-bond donors (Lipinski definition) is 1. The molecule has 3 aromatic heterocycles. The van der Waals surface area contributed by atoms with Gasteiger partial charge in [-0.25, -0.2) is 9.97 Å². The van der Waals surface area contributed by atoms with Crippen molar-refractivity contribution >= 4 is 17.2 Å². The van der Waals surface area contributed by atoms with Crippen molar-refractivity contribution in [2.24, 2.45) is 0 Å². The van der Waals surface area contributed by atoms with Gasteiger partial charge in [0, 0.05) is 42.3 Å². The first kappa shape index (κ1) is 15.9. The number of nitrogens with zero attached hydrogens (tertiary/aromatic N) is 5. The number of pyridine rings is 1. The van der Waals surface area contributed by atoms with Crippen LogP contribution in [-0.4, -0.2) is 49.0 Å². The van der Waals surface area contributed by atoms with Crippen LogP contribution < -0.4 is 0 Å². The van der Waals surface area contributed by atoms with E-state index in [-0.39, 0.29) is 5.91 Å². The van der Waals surface area contributed by atoms with Crippen molar-refractivity contribution < 1.29 is 4.79 Å². The molecule has 25 heavy (non-hydrogen) atoms. The summed E-state index contributed by atoms with van der Waals surface area (Å²) in [6.45, 7) is 1.51. The van der Waals surface area contributed by atoms with Crippen LogP contribution in [-0.2, 0) is 11.2 Å². The number of likely N-dealkylation sites (tertiary alicyclic amines) is 1. The topological polar surface area (TPSA) is 87.7 Å². The lowest BCUT2D eigenvalue weighted by molar-refractivity contribution is -0.131. The van der Waals surface area contributed by atoms with Crippen LogP contribution in [0.25, 0.3) is 10.6 Å². The quantitative estimate of drug-likeness (QED) is 0.776. The monoisotopic (exact) mass is 354 g/mol. The van der Waals surface area contributed by atoms with Crippen molar-refractivity contribution in [2.45, 2.75) is 25.2 Å². The Labute approximate surface area is 149 Å². The van der Waals surface area contributed by atoms with Crippen molar-refractivity contribution in [3.63, 3.8) is 0 Å². The summed E-state index contributed by atoms with van der Waals surface area (Å²) in [6, 6.07) is 3.87. The van der Waals surface area contributed by atoms with Crippen LogP contribution in [0.1, 0.15) is 30.3 Å². The molecule has 0 aromatic carbocycles. The van der Waals surface area contributed by atoms with Crippen molar-refractivity contribution in [3.8, 4) is 10.6 Å². The van der Waals surface area contributed by atoms with Crippen LogP contribution >= 0.6 is 11.3 Å². The number of rotatable bonds is 4. The maximum absolute atomic E-state index is 12.5. The molecule has 1 N–H and O–H groups in total. The summed E-state index contributed by atoms with van der Waals surface area (Å²) in [6.07, 6.45) is 7.25. The van der Waals surface area contributed by atoms with Gasteiger partial charge in [-0.05, 0) is 25.0 Å². The smallest absolute Gasteiger partial charge is 0.228 e. The van der Waals surface area contributed by atoms with Gasteiger partial charge in [0.1, 0.15) is 17.2 Å². The molecule has 4 rings (SSSR count). The van der Waals surface area contributed by atoms with Crippen molar-refractivity contribution in [3.05, 3.63) is 47.8 Å². The Balaban J connectivity index is 1.34. The summed E-state index contributed by atoms with van der Waals surface area (Å²) < 4.78 is 0. The number of carbonyl (C=O) groups is 1. The Bertz CT molecular complexity index is 824. The summed E-state index contributed by atoms with van der Waals surface area (Å²) in [5.74, 6) is 1.43. The van der Waals surface area contributed by atoms with Gasteiger partial charge in [-0.2, -0.15) is 5.10 Å². The summed E-state index contributed by atoms with van der Waals surface area (Å²) in [5, 5.41) is 9.70. The molecule has 0 aliphatic carbocycles. The van der Waals surface area contributed by atoms with Gasteiger partial charge in [0.15, 0.2) is 0 Å². The molecule has 0 unspecified atom stereocenters. The minimum atomic E-state index is 0.138. The number of H-pyrrole nitrogens is 1. The highest BCUT2D eigenvalue weighted by molar-refractivity contribution is 7.13. The van der Waals surface area contributed by atoms with E-state index in [4.69, 9.17) is 0 Å². The van der Waals surface area contributed by atoms with E-state index in [0.717, 1.165) is 48.0 Å². The number of amides is 1. The zero-order valence-electron chi connectivity index (χ0n) is 13.6. The highest BCUT2D eigenvalue weighted by Crippen LogP contribution is 2.26. The van der Waals surface area contributed by atoms with Crippen LogP contribution in [0, 0.1) is 0 Å². The lowest BCUT2D eigenvalue weighted by atomic mass is 9.96. The van der Waals surface area contributed by atoms with Gasteiger partial charge in [0.2, 0.25) is 5.91 Å². The van der Waals surface area contributed by atoms with Crippen LogP contribution in [0.15, 0.2) is 36.2 Å². The molecule has 1 saturated heterocycles. The molecule has 0 atom stereocenters. The van der Waals surface area contributed by atoms with Crippen molar-refractivity contribution in [1.82, 2.24) is 30.0 Å². The molecule has 8 heteroatoms. The minimum Gasteiger partial charge on any atom is -0.342 e. The van der Waals surface area contributed by atoms with E-state index in [1.54, 1.807) is 23.7 Å². The summed E-state index contributed by atoms with van der Waals surface area (Å²) in [7, 11) is 0. The molecule has 0 saturated carbocycles. The number of aromatic nitrogens is 5. The van der Waals surface area contributed by atoms with Crippen LogP contribution in [0.5, 0.6) is 0 Å². The Hall–Kier alpha value is -2.61. The van der Waals surface area contributed by atoms with Gasteiger partial charge >= 0.3 is 0 Å². The number of thiazole rings is 1. The highest BCUT2D eigenvalue weighted by Gasteiger charge is 2.25. The Kier molecular flexibility index (Phi) is 4.51. The molecule has 4 heterocycles. The number of carbonyl (C=O) groups excluding carboxylic acids is 1. The summed E-state index contributed by atoms with van der Waals surface area (Å²) in [5.41, 5.74) is 1.81. The zero-order chi connectivity index (χ0) is 17.1. The van der Waals surface area contributed by atoms with E-state index in [0.29, 0.717) is 12.3 Å². The predicted molar refractivity (Wildman–Crippen MR) is 94.0 cm³/mol. The average Bonchev–Trinajstić information content (AvgIpc) is 3.35. The van der Waals surface area contributed by atoms with E-state index in [2.05, 4.69) is 25.1 Å². The van der Waals surface area contributed by atoms with E-state index >= 15 is 0 Å². The molecule has 1 aliphatic rings. The zero-order valence-corrected chi connectivity index (χ0v) is 14.4. The molecule has 1 fully saturated rings.